The molecule has 0 spiro atoms. The van der Waals surface area contributed by atoms with Crippen LogP contribution in [0.1, 0.15) is 12.0 Å². The molecule has 0 radical (unpaired) electrons. The minimum atomic E-state index is -4.85. The van der Waals surface area contributed by atoms with Gasteiger partial charge >= 0.3 is 6.18 Å². The van der Waals surface area contributed by atoms with Gasteiger partial charge in [-0.05, 0) is 30.2 Å². The van der Waals surface area contributed by atoms with Crippen molar-refractivity contribution in [3.63, 3.8) is 0 Å². The van der Waals surface area contributed by atoms with Gasteiger partial charge in [-0.25, -0.2) is 0 Å². The van der Waals surface area contributed by atoms with Crippen LogP contribution in [-0.4, -0.2) is 18.0 Å². The zero-order chi connectivity index (χ0) is 15.1. The maximum absolute atomic E-state index is 13.2. The second-order valence-corrected chi connectivity index (χ2v) is 5.46. The van der Waals surface area contributed by atoms with E-state index in [2.05, 4.69) is 0 Å². The summed E-state index contributed by atoms with van der Waals surface area (Å²) >= 11 is 11.5. The Balaban J connectivity index is 2.44. The molecule has 1 aromatic rings. The quantitative estimate of drug-likeness (QED) is 0.849. The van der Waals surface area contributed by atoms with E-state index in [0.29, 0.717) is 0 Å². The van der Waals surface area contributed by atoms with Crippen LogP contribution in [0.3, 0.4) is 0 Å². The Bertz CT molecular complexity index is 568. The molecule has 2 rings (SSSR count). The summed E-state index contributed by atoms with van der Waals surface area (Å²) in [6.07, 6.45) is -6.47. The van der Waals surface area contributed by atoms with E-state index in [-0.39, 0.29) is 15.6 Å². The van der Waals surface area contributed by atoms with Gasteiger partial charge in [-0.3, -0.25) is 14.9 Å². The monoisotopic (exact) mass is 325 g/mol. The molecule has 1 aromatic carbocycles. The summed E-state index contributed by atoms with van der Waals surface area (Å²) in [5, 5.41) is 2.02. The lowest BCUT2D eigenvalue weighted by Crippen LogP contribution is -2.46. The summed E-state index contributed by atoms with van der Waals surface area (Å²) in [6.45, 7) is 0. The molecule has 0 bridgehead atoms. The van der Waals surface area contributed by atoms with Crippen LogP contribution in [0, 0.1) is 5.41 Å². The third-order valence-electron chi connectivity index (χ3n) is 3.12. The molecule has 1 fully saturated rings. The summed E-state index contributed by atoms with van der Waals surface area (Å²) in [7, 11) is 0. The van der Waals surface area contributed by atoms with Gasteiger partial charge in [-0.2, -0.15) is 13.2 Å². The molecule has 1 heterocycles. The van der Waals surface area contributed by atoms with Crippen LogP contribution in [0.15, 0.2) is 18.2 Å². The molecule has 1 aliphatic rings. The van der Waals surface area contributed by atoms with Crippen LogP contribution >= 0.6 is 23.2 Å². The molecule has 0 saturated carbocycles. The van der Waals surface area contributed by atoms with Gasteiger partial charge in [0.15, 0.2) is 5.41 Å². The highest BCUT2D eigenvalue weighted by Crippen LogP contribution is 2.46. The highest BCUT2D eigenvalue weighted by atomic mass is 35.5. The van der Waals surface area contributed by atoms with Crippen molar-refractivity contribution in [1.29, 1.82) is 0 Å². The van der Waals surface area contributed by atoms with Crippen molar-refractivity contribution in [2.24, 2.45) is 5.41 Å². The van der Waals surface area contributed by atoms with E-state index < -0.39 is 36.2 Å². The van der Waals surface area contributed by atoms with Gasteiger partial charge in [-0.15, -0.1) is 0 Å². The molecule has 1 aliphatic heterocycles. The first-order valence-corrected chi connectivity index (χ1v) is 6.26. The van der Waals surface area contributed by atoms with E-state index in [4.69, 9.17) is 23.2 Å². The number of alkyl halides is 3. The Labute approximate surface area is 122 Å². The minimum Gasteiger partial charge on any atom is -0.296 e. The van der Waals surface area contributed by atoms with E-state index >= 15 is 0 Å². The largest absolute Gasteiger partial charge is 0.404 e. The predicted molar refractivity (Wildman–Crippen MR) is 66.4 cm³/mol. The fourth-order valence-corrected chi connectivity index (χ4v) is 2.75. The molecule has 0 aliphatic carbocycles. The number of rotatable bonds is 2. The summed E-state index contributed by atoms with van der Waals surface area (Å²) < 4.78 is 39.7. The molecule has 8 heteroatoms. The van der Waals surface area contributed by atoms with Gasteiger partial charge in [-0.1, -0.05) is 23.2 Å². The van der Waals surface area contributed by atoms with Gasteiger partial charge < -0.3 is 0 Å². The summed E-state index contributed by atoms with van der Waals surface area (Å²) in [4.78, 5) is 22.8. The second kappa shape index (κ2) is 4.93. The van der Waals surface area contributed by atoms with Gasteiger partial charge in [0.1, 0.15) is 0 Å². The average molecular weight is 326 g/mol. The maximum Gasteiger partial charge on any atom is 0.404 e. The zero-order valence-corrected chi connectivity index (χ0v) is 11.4. The Morgan fingerprint density at radius 3 is 2.10 bits per heavy atom. The summed E-state index contributed by atoms with van der Waals surface area (Å²) in [5.41, 5.74) is -2.62. The Kier molecular flexibility index (Phi) is 3.73. The molecule has 2 amide bonds. The van der Waals surface area contributed by atoms with Crippen LogP contribution in [0.25, 0.3) is 0 Å². The number of benzene rings is 1. The molecule has 20 heavy (non-hydrogen) atoms. The van der Waals surface area contributed by atoms with Crippen molar-refractivity contribution in [3.8, 4) is 0 Å². The number of imide groups is 1. The first-order valence-electron chi connectivity index (χ1n) is 5.50. The third kappa shape index (κ3) is 2.62. The lowest BCUT2D eigenvalue weighted by molar-refractivity contribution is -0.217. The number of hydrogen-bond acceptors (Lipinski definition) is 2. The summed E-state index contributed by atoms with van der Waals surface area (Å²) in [6, 6.07) is 3.95. The number of carbonyl (C=O) groups excluding carboxylic acids is 2. The van der Waals surface area contributed by atoms with Crippen LogP contribution in [0.2, 0.25) is 10.0 Å². The van der Waals surface area contributed by atoms with E-state index in [0.717, 1.165) is 0 Å². The van der Waals surface area contributed by atoms with Crippen molar-refractivity contribution < 1.29 is 22.8 Å². The number of hydrogen-bond donors (Lipinski definition) is 1. The van der Waals surface area contributed by atoms with Crippen LogP contribution in [-0.2, 0) is 16.0 Å². The van der Waals surface area contributed by atoms with Crippen LogP contribution in [0.4, 0.5) is 13.2 Å². The molecule has 0 aromatic heterocycles. The van der Waals surface area contributed by atoms with Crippen molar-refractivity contribution >= 4 is 35.0 Å². The molecular formula is C12H8Cl2F3NO2. The topological polar surface area (TPSA) is 46.2 Å². The number of amides is 2. The van der Waals surface area contributed by atoms with Gasteiger partial charge in [0.25, 0.3) is 0 Å². The highest BCUT2D eigenvalue weighted by molar-refractivity contribution is 6.34. The molecule has 3 nitrogen and oxygen atoms in total. The SMILES string of the molecule is O=C1C[C@@](Cc2cc(Cl)cc(Cl)c2)(C(F)(F)F)C(=O)N1. The predicted octanol–water partition coefficient (Wildman–Crippen LogP) is 3.13. The van der Waals surface area contributed by atoms with E-state index in [1.165, 1.54) is 18.2 Å². The molecular weight excluding hydrogens is 318 g/mol. The first-order chi connectivity index (χ1) is 9.14. The molecule has 1 atom stereocenters. The molecule has 108 valence electrons. The number of carbonyl (C=O) groups is 2. The standard InChI is InChI=1S/C12H8Cl2F3NO2/c13-7-1-6(2-8(14)3-7)4-11(12(15,16)17)5-9(19)18-10(11)20/h1-3H,4-5H2,(H,18,19,20)/t11-/m1/s1. The highest BCUT2D eigenvalue weighted by Gasteiger charge is 2.64. The summed E-state index contributed by atoms with van der Waals surface area (Å²) in [5.74, 6) is -2.29. The average Bonchev–Trinajstić information content (AvgIpc) is 2.52. The van der Waals surface area contributed by atoms with E-state index in [1.54, 1.807) is 5.32 Å². The molecule has 1 N–H and O–H groups in total. The van der Waals surface area contributed by atoms with Crippen molar-refractivity contribution in [2.45, 2.75) is 19.0 Å². The van der Waals surface area contributed by atoms with Crippen molar-refractivity contribution in [3.05, 3.63) is 33.8 Å². The van der Waals surface area contributed by atoms with E-state index in [9.17, 15) is 22.8 Å². The Morgan fingerprint density at radius 2 is 1.70 bits per heavy atom. The minimum absolute atomic E-state index is 0.143. The fraction of sp³-hybridized carbons (Fsp3) is 0.333. The van der Waals surface area contributed by atoms with Crippen LogP contribution in [0.5, 0.6) is 0 Å². The number of halogens is 5. The smallest absolute Gasteiger partial charge is 0.296 e. The van der Waals surface area contributed by atoms with Crippen molar-refractivity contribution in [2.75, 3.05) is 0 Å². The lowest BCUT2D eigenvalue weighted by Gasteiger charge is -2.28. The number of nitrogens with one attached hydrogen (secondary N) is 1. The third-order valence-corrected chi connectivity index (χ3v) is 3.56. The normalized spacial score (nSPS) is 23.1. The molecule has 0 unspecified atom stereocenters. The maximum atomic E-state index is 13.2. The zero-order valence-electron chi connectivity index (χ0n) is 9.85. The second-order valence-electron chi connectivity index (χ2n) is 4.59. The van der Waals surface area contributed by atoms with Gasteiger partial charge in [0.05, 0.1) is 6.42 Å². The Morgan fingerprint density at radius 1 is 1.15 bits per heavy atom. The van der Waals surface area contributed by atoms with Gasteiger partial charge in [0.2, 0.25) is 11.8 Å². The lowest BCUT2D eigenvalue weighted by atomic mass is 9.79. The van der Waals surface area contributed by atoms with Crippen LogP contribution < -0.4 is 5.32 Å². The Hall–Kier alpha value is -1.27. The van der Waals surface area contributed by atoms with Gasteiger partial charge in [0, 0.05) is 10.0 Å². The fourth-order valence-electron chi connectivity index (χ4n) is 2.18. The molecule has 1 saturated heterocycles. The first kappa shape index (κ1) is 15.1. The van der Waals surface area contributed by atoms with E-state index in [1.807, 2.05) is 0 Å². The van der Waals surface area contributed by atoms with Crippen molar-refractivity contribution in [1.82, 2.24) is 5.32 Å².